The number of ether oxygens (including phenoxy) is 1. The number of amides is 1. The third-order valence-electron chi connectivity index (χ3n) is 3.97. The van der Waals surface area contributed by atoms with Crippen molar-refractivity contribution in [1.82, 2.24) is 10.6 Å². The van der Waals surface area contributed by atoms with Crippen LogP contribution >= 0.6 is 0 Å². The molecule has 1 amide bonds. The summed E-state index contributed by atoms with van der Waals surface area (Å²) < 4.78 is 4.71. The van der Waals surface area contributed by atoms with Gasteiger partial charge in [0.15, 0.2) is 0 Å². The Hall–Kier alpha value is -2.21. The molecule has 0 unspecified atom stereocenters. The van der Waals surface area contributed by atoms with Gasteiger partial charge in [-0.1, -0.05) is 12.1 Å². The van der Waals surface area contributed by atoms with E-state index in [9.17, 15) is 9.59 Å². The van der Waals surface area contributed by atoms with E-state index in [1.54, 1.807) is 18.2 Å². The fourth-order valence-corrected chi connectivity index (χ4v) is 2.74. The molecule has 2 N–H and O–H groups in total. The van der Waals surface area contributed by atoms with E-state index in [0.29, 0.717) is 24.2 Å². The zero-order chi connectivity index (χ0) is 14.9. The number of hydrogen-bond donors (Lipinski definition) is 2. The van der Waals surface area contributed by atoms with E-state index in [1.165, 1.54) is 7.11 Å². The Labute approximate surface area is 122 Å². The molecule has 0 radical (unpaired) electrons. The van der Waals surface area contributed by atoms with E-state index in [4.69, 9.17) is 4.74 Å². The summed E-state index contributed by atoms with van der Waals surface area (Å²) in [6.45, 7) is 1.57. The number of carbonyl (C=O) groups is 2. The molecule has 1 spiro atoms. The molecular formula is C15H17N3O3. The van der Waals surface area contributed by atoms with Crippen molar-refractivity contribution in [3.8, 4) is 0 Å². The van der Waals surface area contributed by atoms with Crippen LogP contribution in [0.4, 0.5) is 0 Å². The average molecular weight is 287 g/mol. The summed E-state index contributed by atoms with van der Waals surface area (Å²) in [5.74, 6) is 0.0773. The minimum Gasteiger partial charge on any atom is -0.465 e. The fraction of sp³-hybridized carbons (Fsp3) is 0.400. The maximum Gasteiger partial charge on any atom is 0.337 e. The number of aliphatic imine (C=N–C) groups is 1. The molecule has 2 aliphatic rings. The summed E-state index contributed by atoms with van der Waals surface area (Å²) in [5, 5.41) is 6.08. The van der Waals surface area contributed by atoms with Crippen molar-refractivity contribution in [2.75, 3.05) is 20.2 Å². The summed E-state index contributed by atoms with van der Waals surface area (Å²) in [5.41, 5.74) is 0.516. The largest absolute Gasteiger partial charge is 0.465 e. The molecule has 21 heavy (non-hydrogen) atoms. The lowest BCUT2D eigenvalue weighted by Gasteiger charge is -2.28. The number of carbonyl (C=O) groups excluding carboxylic acids is 2. The lowest BCUT2D eigenvalue weighted by Crippen LogP contribution is -2.47. The number of piperidine rings is 1. The molecule has 2 heterocycles. The number of benzene rings is 1. The van der Waals surface area contributed by atoms with Crippen molar-refractivity contribution < 1.29 is 14.3 Å². The molecular weight excluding hydrogens is 270 g/mol. The Kier molecular flexibility index (Phi) is 3.47. The van der Waals surface area contributed by atoms with Gasteiger partial charge in [0, 0.05) is 5.56 Å². The van der Waals surface area contributed by atoms with Crippen LogP contribution in [0, 0.1) is 0 Å². The number of amidine groups is 1. The fourth-order valence-electron chi connectivity index (χ4n) is 2.74. The summed E-state index contributed by atoms with van der Waals surface area (Å²) in [7, 11) is 1.34. The molecule has 1 fully saturated rings. The van der Waals surface area contributed by atoms with Gasteiger partial charge in [0.25, 0.3) is 5.91 Å². The van der Waals surface area contributed by atoms with Crippen LogP contribution < -0.4 is 10.6 Å². The molecule has 0 saturated carbocycles. The predicted molar refractivity (Wildman–Crippen MR) is 77.3 cm³/mol. The molecule has 0 atom stereocenters. The highest BCUT2D eigenvalue weighted by Crippen LogP contribution is 2.28. The Morgan fingerprint density at radius 2 is 2.10 bits per heavy atom. The van der Waals surface area contributed by atoms with Crippen LogP contribution in [0.5, 0.6) is 0 Å². The first-order valence-electron chi connectivity index (χ1n) is 6.95. The average Bonchev–Trinajstić information content (AvgIpc) is 2.84. The molecule has 110 valence electrons. The third-order valence-corrected chi connectivity index (χ3v) is 3.97. The van der Waals surface area contributed by atoms with Crippen molar-refractivity contribution in [3.05, 3.63) is 35.4 Å². The van der Waals surface area contributed by atoms with Gasteiger partial charge >= 0.3 is 5.97 Å². The second kappa shape index (κ2) is 5.29. The van der Waals surface area contributed by atoms with Gasteiger partial charge in [0.05, 0.1) is 12.7 Å². The van der Waals surface area contributed by atoms with Crippen molar-refractivity contribution in [2.24, 2.45) is 4.99 Å². The molecule has 1 aromatic carbocycles. The Balaban J connectivity index is 1.92. The maximum atomic E-state index is 12.3. The lowest BCUT2D eigenvalue weighted by molar-refractivity contribution is -0.124. The van der Waals surface area contributed by atoms with E-state index in [1.807, 2.05) is 6.07 Å². The highest BCUT2D eigenvalue weighted by molar-refractivity contribution is 6.15. The molecule has 6 heteroatoms. The van der Waals surface area contributed by atoms with Gasteiger partial charge in [-0.15, -0.1) is 0 Å². The normalized spacial score (nSPS) is 20.0. The maximum absolute atomic E-state index is 12.3. The molecule has 1 saturated heterocycles. The van der Waals surface area contributed by atoms with Gasteiger partial charge in [-0.3, -0.25) is 9.79 Å². The van der Waals surface area contributed by atoms with Crippen molar-refractivity contribution in [2.45, 2.75) is 18.4 Å². The molecule has 0 aromatic heterocycles. The molecule has 6 nitrogen and oxygen atoms in total. The standard InChI is InChI=1S/C15H17N3O3/c1-21-13(19)11-4-2-3-10(9-11)12-17-14(20)15(18-12)5-7-16-8-6-15/h2-4,9,16H,5-8H2,1H3,(H,17,18,20). The summed E-state index contributed by atoms with van der Waals surface area (Å²) in [6, 6.07) is 6.94. The molecule has 2 aliphatic heterocycles. The van der Waals surface area contributed by atoms with Crippen LogP contribution in [0.15, 0.2) is 29.3 Å². The van der Waals surface area contributed by atoms with E-state index >= 15 is 0 Å². The second-order valence-corrected chi connectivity index (χ2v) is 5.27. The molecule has 3 rings (SSSR count). The monoisotopic (exact) mass is 287 g/mol. The lowest BCUT2D eigenvalue weighted by atomic mass is 9.89. The van der Waals surface area contributed by atoms with E-state index < -0.39 is 11.5 Å². The highest BCUT2D eigenvalue weighted by atomic mass is 16.5. The van der Waals surface area contributed by atoms with E-state index in [-0.39, 0.29) is 5.91 Å². The van der Waals surface area contributed by atoms with Gasteiger partial charge in [-0.2, -0.15) is 0 Å². The number of methoxy groups -OCH3 is 1. The SMILES string of the molecule is COC(=O)c1cccc(C2=NC3(CCNCC3)C(=O)N2)c1. The van der Waals surface area contributed by atoms with Crippen LogP contribution in [0.2, 0.25) is 0 Å². The predicted octanol–water partition coefficient (Wildman–Crippen LogP) is 0.472. The third kappa shape index (κ3) is 2.42. The number of nitrogens with zero attached hydrogens (tertiary/aromatic N) is 1. The number of esters is 1. The number of hydrogen-bond acceptors (Lipinski definition) is 5. The van der Waals surface area contributed by atoms with Gasteiger partial charge < -0.3 is 15.4 Å². The van der Waals surface area contributed by atoms with Crippen LogP contribution in [0.25, 0.3) is 0 Å². The van der Waals surface area contributed by atoms with Gasteiger partial charge in [0.1, 0.15) is 11.4 Å². The zero-order valence-electron chi connectivity index (χ0n) is 11.8. The Morgan fingerprint density at radius 3 is 2.81 bits per heavy atom. The van der Waals surface area contributed by atoms with E-state index in [2.05, 4.69) is 15.6 Å². The quantitative estimate of drug-likeness (QED) is 0.775. The topological polar surface area (TPSA) is 79.8 Å². The summed E-state index contributed by atoms with van der Waals surface area (Å²) >= 11 is 0. The van der Waals surface area contributed by atoms with Crippen molar-refractivity contribution >= 4 is 17.7 Å². The first kappa shape index (κ1) is 13.8. The Morgan fingerprint density at radius 1 is 1.33 bits per heavy atom. The number of rotatable bonds is 2. The molecule has 0 aliphatic carbocycles. The molecule has 0 bridgehead atoms. The van der Waals surface area contributed by atoms with Crippen LogP contribution in [-0.2, 0) is 9.53 Å². The van der Waals surface area contributed by atoms with Crippen LogP contribution in [0.3, 0.4) is 0 Å². The number of nitrogens with one attached hydrogen (secondary N) is 2. The second-order valence-electron chi connectivity index (χ2n) is 5.27. The van der Waals surface area contributed by atoms with Crippen LogP contribution in [-0.4, -0.2) is 43.5 Å². The van der Waals surface area contributed by atoms with Crippen molar-refractivity contribution in [1.29, 1.82) is 0 Å². The van der Waals surface area contributed by atoms with Crippen LogP contribution in [0.1, 0.15) is 28.8 Å². The molecule has 1 aromatic rings. The Bertz CT molecular complexity index is 618. The van der Waals surface area contributed by atoms with E-state index in [0.717, 1.165) is 18.7 Å². The minimum absolute atomic E-state index is 0.0533. The highest BCUT2D eigenvalue weighted by Gasteiger charge is 2.44. The van der Waals surface area contributed by atoms with Gasteiger partial charge in [-0.05, 0) is 38.1 Å². The van der Waals surface area contributed by atoms with Gasteiger partial charge in [-0.25, -0.2) is 4.79 Å². The first-order valence-corrected chi connectivity index (χ1v) is 6.95. The minimum atomic E-state index is -0.651. The zero-order valence-corrected chi connectivity index (χ0v) is 11.8. The smallest absolute Gasteiger partial charge is 0.337 e. The summed E-state index contributed by atoms with van der Waals surface area (Å²) in [4.78, 5) is 28.5. The van der Waals surface area contributed by atoms with Crippen molar-refractivity contribution in [3.63, 3.8) is 0 Å². The first-order chi connectivity index (χ1) is 10.1. The summed E-state index contributed by atoms with van der Waals surface area (Å²) in [6.07, 6.45) is 1.39. The van der Waals surface area contributed by atoms with Gasteiger partial charge in [0.2, 0.25) is 0 Å².